The Morgan fingerprint density at radius 2 is 1.75 bits per heavy atom. The summed E-state index contributed by atoms with van der Waals surface area (Å²) in [5.41, 5.74) is 1.70. The van der Waals surface area contributed by atoms with E-state index in [4.69, 9.17) is 4.74 Å². The van der Waals surface area contributed by atoms with Crippen molar-refractivity contribution < 1.29 is 17.5 Å². The summed E-state index contributed by atoms with van der Waals surface area (Å²) < 4.78 is 41.3. The first kappa shape index (κ1) is 14.5. The van der Waals surface area contributed by atoms with Gasteiger partial charge in [0, 0.05) is 6.26 Å². The number of hydrogen-bond donors (Lipinski definition) is 0. The van der Waals surface area contributed by atoms with Crippen molar-refractivity contribution >= 4 is 9.84 Å². The normalized spacial score (nSPS) is 11.3. The van der Waals surface area contributed by atoms with Gasteiger partial charge in [0.15, 0.2) is 9.84 Å². The molecule has 0 N–H and O–H groups in total. The molecule has 0 aromatic heterocycles. The Kier molecular flexibility index (Phi) is 4.09. The Balaban J connectivity index is 2.10. The van der Waals surface area contributed by atoms with Crippen LogP contribution in [-0.2, 0) is 16.4 Å². The zero-order chi connectivity index (χ0) is 14.8. The van der Waals surface area contributed by atoms with E-state index in [1.807, 2.05) is 6.92 Å². The molecule has 3 nitrogen and oxygen atoms in total. The lowest BCUT2D eigenvalue weighted by Gasteiger charge is -2.09. The standard InChI is InChI=1S/C15H15FO3S/c1-11-3-4-13(16)9-12(11)10-19-14-5-7-15(8-6-14)20(2,17)18/h3-9H,10H2,1-2H3. The molecule has 0 unspecified atom stereocenters. The maximum Gasteiger partial charge on any atom is 0.175 e. The average molecular weight is 294 g/mol. The molecule has 2 rings (SSSR count). The van der Waals surface area contributed by atoms with Crippen LogP contribution in [0.5, 0.6) is 5.75 Å². The van der Waals surface area contributed by atoms with Crippen LogP contribution in [0.15, 0.2) is 47.4 Å². The second kappa shape index (κ2) is 5.63. The molecule has 0 radical (unpaired) electrons. The number of halogens is 1. The summed E-state index contributed by atoms with van der Waals surface area (Å²) in [6.07, 6.45) is 1.15. The minimum absolute atomic E-state index is 0.238. The first-order chi connectivity index (χ1) is 9.36. The Labute approximate surface area is 117 Å². The Bertz CT molecular complexity index is 706. The first-order valence-corrected chi connectivity index (χ1v) is 7.93. The van der Waals surface area contributed by atoms with Crippen LogP contribution in [0.2, 0.25) is 0 Å². The van der Waals surface area contributed by atoms with E-state index >= 15 is 0 Å². The molecular weight excluding hydrogens is 279 g/mol. The number of ether oxygens (including phenoxy) is 1. The van der Waals surface area contributed by atoms with Crippen LogP contribution in [0.25, 0.3) is 0 Å². The molecule has 20 heavy (non-hydrogen) atoms. The number of hydrogen-bond acceptors (Lipinski definition) is 3. The third kappa shape index (κ3) is 3.57. The van der Waals surface area contributed by atoms with Crippen LogP contribution < -0.4 is 4.74 Å². The van der Waals surface area contributed by atoms with Gasteiger partial charge in [-0.1, -0.05) is 6.07 Å². The Hall–Kier alpha value is -1.88. The predicted octanol–water partition coefficient (Wildman–Crippen LogP) is 3.12. The van der Waals surface area contributed by atoms with Crippen LogP contribution >= 0.6 is 0 Å². The fraction of sp³-hybridized carbons (Fsp3) is 0.200. The zero-order valence-corrected chi connectivity index (χ0v) is 12.1. The van der Waals surface area contributed by atoms with E-state index in [1.54, 1.807) is 18.2 Å². The van der Waals surface area contributed by atoms with Crippen LogP contribution in [0, 0.1) is 12.7 Å². The molecular formula is C15H15FO3S. The van der Waals surface area contributed by atoms with E-state index in [2.05, 4.69) is 0 Å². The highest BCUT2D eigenvalue weighted by Crippen LogP contribution is 2.18. The van der Waals surface area contributed by atoms with Gasteiger partial charge in [-0.3, -0.25) is 0 Å². The Morgan fingerprint density at radius 3 is 2.35 bits per heavy atom. The van der Waals surface area contributed by atoms with Crippen molar-refractivity contribution in [1.82, 2.24) is 0 Å². The molecule has 0 atom stereocenters. The van der Waals surface area contributed by atoms with E-state index < -0.39 is 9.84 Å². The van der Waals surface area contributed by atoms with E-state index in [1.165, 1.54) is 24.3 Å². The Morgan fingerprint density at radius 1 is 1.10 bits per heavy atom. The maximum absolute atomic E-state index is 13.1. The van der Waals surface area contributed by atoms with Gasteiger partial charge in [0.1, 0.15) is 18.2 Å². The molecule has 0 saturated heterocycles. The second-order valence-corrected chi connectivity index (χ2v) is 6.62. The van der Waals surface area contributed by atoms with Crippen molar-refractivity contribution in [3.05, 3.63) is 59.4 Å². The van der Waals surface area contributed by atoms with Crippen molar-refractivity contribution in [2.24, 2.45) is 0 Å². The fourth-order valence-electron chi connectivity index (χ4n) is 1.74. The summed E-state index contributed by atoms with van der Waals surface area (Å²) in [6, 6.07) is 10.7. The summed E-state index contributed by atoms with van der Waals surface area (Å²) in [5, 5.41) is 0. The van der Waals surface area contributed by atoms with Gasteiger partial charge in [-0.25, -0.2) is 12.8 Å². The van der Waals surface area contributed by atoms with Crippen LogP contribution in [-0.4, -0.2) is 14.7 Å². The molecule has 0 saturated carbocycles. The van der Waals surface area contributed by atoms with E-state index in [0.29, 0.717) is 5.75 Å². The highest BCUT2D eigenvalue weighted by Gasteiger charge is 2.07. The lowest BCUT2D eigenvalue weighted by atomic mass is 10.1. The minimum Gasteiger partial charge on any atom is -0.489 e. The quantitative estimate of drug-likeness (QED) is 0.870. The van der Waals surface area contributed by atoms with E-state index in [0.717, 1.165) is 17.4 Å². The van der Waals surface area contributed by atoms with Gasteiger partial charge >= 0.3 is 0 Å². The molecule has 0 aliphatic heterocycles. The number of rotatable bonds is 4. The maximum atomic E-state index is 13.1. The van der Waals surface area contributed by atoms with E-state index in [9.17, 15) is 12.8 Å². The number of sulfone groups is 1. The topological polar surface area (TPSA) is 43.4 Å². The van der Waals surface area contributed by atoms with Crippen molar-refractivity contribution in [3.63, 3.8) is 0 Å². The lowest BCUT2D eigenvalue weighted by molar-refractivity contribution is 0.304. The number of benzene rings is 2. The van der Waals surface area contributed by atoms with Gasteiger partial charge in [-0.15, -0.1) is 0 Å². The third-order valence-electron chi connectivity index (χ3n) is 2.96. The molecule has 2 aromatic rings. The predicted molar refractivity (Wildman–Crippen MR) is 75.0 cm³/mol. The molecule has 5 heteroatoms. The highest BCUT2D eigenvalue weighted by molar-refractivity contribution is 7.90. The lowest BCUT2D eigenvalue weighted by Crippen LogP contribution is -2.00. The summed E-state index contributed by atoms with van der Waals surface area (Å²) >= 11 is 0. The van der Waals surface area contributed by atoms with Gasteiger partial charge in [-0.05, 0) is 54.4 Å². The molecule has 0 amide bonds. The van der Waals surface area contributed by atoms with Gasteiger partial charge in [-0.2, -0.15) is 0 Å². The molecule has 0 aliphatic rings. The third-order valence-corrected chi connectivity index (χ3v) is 4.09. The average Bonchev–Trinajstić information content (AvgIpc) is 2.39. The van der Waals surface area contributed by atoms with Gasteiger partial charge < -0.3 is 4.74 Å². The second-order valence-electron chi connectivity index (χ2n) is 4.60. The summed E-state index contributed by atoms with van der Waals surface area (Å²) in [6.45, 7) is 2.12. The number of aryl methyl sites for hydroxylation is 1. The summed E-state index contributed by atoms with van der Waals surface area (Å²) in [7, 11) is -3.20. The molecule has 106 valence electrons. The van der Waals surface area contributed by atoms with Crippen molar-refractivity contribution in [3.8, 4) is 5.75 Å². The SMILES string of the molecule is Cc1ccc(F)cc1COc1ccc(S(C)(=O)=O)cc1. The van der Waals surface area contributed by atoms with Crippen molar-refractivity contribution in [2.75, 3.05) is 6.26 Å². The molecule has 0 aliphatic carbocycles. The van der Waals surface area contributed by atoms with E-state index in [-0.39, 0.29) is 17.3 Å². The van der Waals surface area contributed by atoms with Crippen LogP contribution in [0.3, 0.4) is 0 Å². The van der Waals surface area contributed by atoms with Crippen LogP contribution in [0.4, 0.5) is 4.39 Å². The van der Waals surface area contributed by atoms with Gasteiger partial charge in [0.25, 0.3) is 0 Å². The largest absolute Gasteiger partial charge is 0.489 e. The fourth-order valence-corrected chi connectivity index (χ4v) is 2.37. The van der Waals surface area contributed by atoms with Crippen LogP contribution in [0.1, 0.15) is 11.1 Å². The molecule has 0 bridgehead atoms. The van der Waals surface area contributed by atoms with Gasteiger partial charge in [0.2, 0.25) is 0 Å². The molecule has 0 heterocycles. The molecule has 0 fully saturated rings. The highest BCUT2D eigenvalue weighted by atomic mass is 32.2. The monoisotopic (exact) mass is 294 g/mol. The van der Waals surface area contributed by atoms with Crippen molar-refractivity contribution in [1.29, 1.82) is 0 Å². The van der Waals surface area contributed by atoms with Crippen molar-refractivity contribution in [2.45, 2.75) is 18.4 Å². The van der Waals surface area contributed by atoms with Gasteiger partial charge in [0.05, 0.1) is 4.90 Å². The minimum atomic E-state index is -3.20. The first-order valence-electron chi connectivity index (χ1n) is 6.04. The zero-order valence-electron chi connectivity index (χ0n) is 11.3. The summed E-state index contributed by atoms with van der Waals surface area (Å²) in [5.74, 6) is 0.239. The smallest absolute Gasteiger partial charge is 0.175 e. The molecule has 0 spiro atoms. The molecule has 2 aromatic carbocycles. The summed E-state index contributed by atoms with van der Waals surface area (Å²) in [4.78, 5) is 0.242.